The van der Waals surface area contributed by atoms with Gasteiger partial charge in [0.05, 0.1) is 0 Å². The molecule has 0 fully saturated rings. The Morgan fingerprint density at radius 2 is 2.06 bits per heavy atom. The molecule has 16 heavy (non-hydrogen) atoms. The summed E-state index contributed by atoms with van der Waals surface area (Å²) in [7, 11) is 0. The highest BCUT2D eigenvalue weighted by molar-refractivity contribution is 5.27. The minimum absolute atomic E-state index is 0.222. The van der Waals surface area contributed by atoms with Crippen LogP contribution in [0.3, 0.4) is 0 Å². The average Bonchev–Trinajstić information content (AvgIpc) is 2.76. The lowest BCUT2D eigenvalue weighted by Gasteiger charge is -2.06. The molecule has 0 aliphatic heterocycles. The molecule has 0 saturated carbocycles. The van der Waals surface area contributed by atoms with Crippen molar-refractivity contribution in [2.24, 2.45) is 0 Å². The molecule has 0 spiro atoms. The lowest BCUT2D eigenvalue weighted by atomic mass is 10.2. The quantitative estimate of drug-likeness (QED) is 0.857. The van der Waals surface area contributed by atoms with E-state index in [-0.39, 0.29) is 5.82 Å². The van der Waals surface area contributed by atoms with Crippen molar-refractivity contribution in [3.05, 3.63) is 42.0 Å². The summed E-state index contributed by atoms with van der Waals surface area (Å²) in [5.74, 6) is 0.507. The Balaban J connectivity index is 1.99. The Labute approximate surface area is 93.1 Å². The van der Waals surface area contributed by atoms with Crippen molar-refractivity contribution in [2.45, 2.75) is 20.0 Å². The number of benzene rings is 1. The Hall–Kier alpha value is -1.91. The number of halogens is 1. The molecular weight excluding hydrogens is 207 g/mol. The predicted octanol–water partition coefficient (Wildman–Crippen LogP) is 2.05. The van der Waals surface area contributed by atoms with E-state index in [1.165, 1.54) is 12.1 Å². The van der Waals surface area contributed by atoms with Crippen molar-refractivity contribution in [1.29, 1.82) is 0 Å². The zero-order valence-electron chi connectivity index (χ0n) is 9.02. The van der Waals surface area contributed by atoms with E-state index in [4.69, 9.17) is 0 Å². The van der Waals surface area contributed by atoms with Gasteiger partial charge in [0.15, 0.2) is 0 Å². The lowest BCUT2D eigenvalue weighted by Crippen LogP contribution is -2.06. The smallest absolute Gasteiger partial charge is 0.224 e. The van der Waals surface area contributed by atoms with Crippen molar-refractivity contribution < 1.29 is 4.39 Å². The minimum atomic E-state index is -0.222. The largest absolute Gasteiger partial charge is 0.350 e. The molecule has 0 saturated heterocycles. The number of anilines is 1. The third-order valence-corrected chi connectivity index (χ3v) is 2.32. The van der Waals surface area contributed by atoms with Crippen LogP contribution in [0, 0.1) is 5.82 Å². The number of nitrogens with zero attached hydrogens (tertiary/aromatic N) is 3. The number of aryl methyl sites for hydroxylation is 1. The Morgan fingerprint density at radius 3 is 2.75 bits per heavy atom. The molecule has 4 nitrogen and oxygen atoms in total. The van der Waals surface area contributed by atoms with Gasteiger partial charge < -0.3 is 9.88 Å². The topological polar surface area (TPSA) is 42.7 Å². The molecule has 0 bridgehead atoms. The predicted molar refractivity (Wildman–Crippen MR) is 59.4 cm³/mol. The SMILES string of the molecule is CCn1cnnc1NCc1ccc(F)cc1. The molecule has 0 atom stereocenters. The first-order valence-corrected chi connectivity index (χ1v) is 5.15. The van der Waals surface area contributed by atoms with Crippen LogP contribution < -0.4 is 5.32 Å². The van der Waals surface area contributed by atoms with Crippen LogP contribution in [-0.2, 0) is 13.1 Å². The lowest BCUT2D eigenvalue weighted by molar-refractivity contribution is 0.627. The van der Waals surface area contributed by atoms with Gasteiger partial charge in [0, 0.05) is 13.1 Å². The van der Waals surface area contributed by atoms with Crippen LogP contribution >= 0.6 is 0 Å². The number of rotatable bonds is 4. The first kappa shape index (κ1) is 10.6. The molecule has 1 N–H and O–H groups in total. The molecule has 0 radical (unpaired) electrons. The zero-order valence-corrected chi connectivity index (χ0v) is 9.02. The van der Waals surface area contributed by atoms with Gasteiger partial charge in [0.25, 0.3) is 0 Å². The number of nitrogens with one attached hydrogen (secondary N) is 1. The van der Waals surface area contributed by atoms with Crippen LogP contribution in [-0.4, -0.2) is 14.8 Å². The molecule has 1 heterocycles. The van der Waals surface area contributed by atoms with Crippen molar-refractivity contribution in [3.8, 4) is 0 Å². The number of hydrogen-bond acceptors (Lipinski definition) is 3. The van der Waals surface area contributed by atoms with Crippen molar-refractivity contribution >= 4 is 5.95 Å². The molecule has 0 aliphatic rings. The van der Waals surface area contributed by atoms with E-state index in [0.29, 0.717) is 6.54 Å². The normalized spacial score (nSPS) is 10.4. The molecule has 5 heteroatoms. The fourth-order valence-corrected chi connectivity index (χ4v) is 1.41. The van der Waals surface area contributed by atoms with Crippen molar-refractivity contribution in [2.75, 3.05) is 5.32 Å². The molecule has 0 unspecified atom stereocenters. The first-order chi connectivity index (χ1) is 7.79. The highest BCUT2D eigenvalue weighted by Gasteiger charge is 2.01. The van der Waals surface area contributed by atoms with Gasteiger partial charge in [-0.2, -0.15) is 0 Å². The molecule has 0 aliphatic carbocycles. The minimum Gasteiger partial charge on any atom is -0.350 e. The summed E-state index contributed by atoms with van der Waals surface area (Å²) in [6.45, 7) is 3.45. The number of aromatic nitrogens is 3. The van der Waals surface area contributed by atoms with Crippen LogP contribution in [0.1, 0.15) is 12.5 Å². The highest BCUT2D eigenvalue weighted by Crippen LogP contribution is 2.07. The summed E-state index contributed by atoms with van der Waals surface area (Å²) in [6.07, 6.45) is 1.67. The number of hydrogen-bond donors (Lipinski definition) is 1. The zero-order chi connectivity index (χ0) is 11.4. The van der Waals surface area contributed by atoms with Gasteiger partial charge in [0.2, 0.25) is 5.95 Å². The summed E-state index contributed by atoms with van der Waals surface area (Å²) in [5, 5.41) is 10.9. The Morgan fingerprint density at radius 1 is 1.31 bits per heavy atom. The van der Waals surface area contributed by atoms with E-state index < -0.39 is 0 Å². The van der Waals surface area contributed by atoms with Crippen LogP contribution in [0.15, 0.2) is 30.6 Å². The van der Waals surface area contributed by atoms with E-state index >= 15 is 0 Å². The monoisotopic (exact) mass is 220 g/mol. The molecule has 1 aromatic carbocycles. The highest BCUT2D eigenvalue weighted by atomic mass is 19.1. The molecule has 2 rings (SSSR count). The molecule has 1 aromatic heterocycles. The summed E-state index contributed by atoms with van der Waals surface area (Å²) < 4.78 is 14.6. The van der Waals surface area contributed by atoms with Gasteiger partial charge in [-0.1, -0.05) is 12.1 Å². The van der Waals surface area contributed by atoms with Gasteiger partial charge in [-0.3, -0.25) is 0 Å². The third-order valence-electron chi connectivity index (χ3n) is 2.32. The maximum absolute atomic E-state index is 12.7. The van der Waals surface area contributed by atoms with Gasteiger partial charge in [-0.05, 0) is 24.6 Å². The molecular formula is C11H13FN4. The second kappa shape index (κ2) is 4.74. The Kier molecular flexibility index (Phi) is 3.14. The molecule has 2 aromatic rings. The van der Waals surface area contributed by atoms with Gasteiger partial charge in [0.1, 0.15) is 12.1 Å². The van der Waals surface area contributed by atoms with Crippen LogP contribution in [0.2, 0.25) is 0 Å². The average molecular weight is 220 g/mol. The fraction of sp³-hybridized carbons (Fsp3) is 0.273. The maximum atomic E-state index is 12.7. The first-order valence-electron chi connectivity index (χ1n) is 5.15. The van der Waals surface area contributed by atoms with Crippen LogP contribution in [0.4, 0.5) is 10.3 Å². The molecule has 84 valence electrons. The van der Waals surface area contributed by atoms with E-state index in [0.717, 1.165) is 18.1 Å². The fourth-order valence-electron chi connectivity index (χ4n) is 1.41. The summed E-state index contributed by atoms with van der Waals surface area (Å²) in [4.78, 5) is 0. The Bertz CT molecular complexity index is 449. The van der Waals surface area contributed by atoms with E-state index in [1.54, 1.807) is 18.5 Å². The second-order valence-electron chi connectivity index (χ2n) is 3.42. The van der Waals surface area contributed by atoms with Crippen LogP contribution in [0.25, 0.3) is 0 Å². The van der Waals surface area contributed by atoms with Crippen molar-refractivity contribution in [3.63, 3.8) is 0 Å². The molecule has 0 amide bonds. The van der Waals surface area contributed by atoms with E-state index in [2.05, 4.69) is 15.5 Å². The van der Waals surface area contributed by atoms with Gasteiger partial charge in [-0.25, -0.2) is 4.39 Å². The van der Waals surface area contributed by atoms with Crippen LogP contribution in [0.5, 0.6) is 0 Å². The third kappa shape index (κ3) is 2.36. The van der Waals surface area contributed by atoms with E-state index in [1.807, 2.05) is 11.5 Å². The maximum Gasteiger partial charge on any atom is 0.224 e. The van der Waals surface area contributed by atoms with Crippen molar-refractivity contribution in [1.82, 2.24) is 14.8 Å². The summed E-state index contributed by atoms with van der Waals surface area (Å²) >= 11 is 0. The van der Waals surface area contributed by atoms with E-state index in [9.17, 15) is 4.39 Å². The standard InChI is InChI=1S/C11H13FN4/c1-2-16-8-14-15-11(16)13-7-9-3-5-10(12)6-4-9/h3-6,8H,2,7H2,1H3,(H,13,15). The summed E-state index contributed by atoms with van der Waals surface area (Å²) in [5.41, 5.74) is 1.01. The summed E-state index contributed by atoms with van der Waals surface area (Å²) in [6, 6.07) is 6.38. The second-order valence-corrected chi connectivity index (χ2v) is 3.42. The van der Waals surface area contributed by atoms with Gasteiger partial charge >= 0.3 is 0 Å². The van der Waals surface area contributed by atoms with Gasteiger partial charge in [-0.15, -0.1) is 10.2 Å².